The molecule has 1 aromatic rings. The molecule has 1 aliphatic heterocycles. The first-order valence-corrected chi connectivity index (χ1v) is 7.93. The van der Waals surface area contributed by atoms with Crippen molar-refractivity contribution in [1.82, 2.24) is 5.32 Å². The van der Waals surface area contributed by atoms with Gasteiger partial charge in [0.05, 0.1) is 7.11 Å². The first-order valence-electron chi connectivity index (χ1n) is 7.93. The molecule has 1 aliphatic carbocycles. The maximum Gasteiger partial charge on any atom is 0.165 e. The molecule has 0 amide bonds. The van der Waals surface area contributed by atoms with Crippen molar-refractivity contribution in [3.05, 3.63) is 24.0 Å². The summed E-state index contributed by atoms with van der Waals surface area (Å²) in [4.78, 5) is 2.44. The number of halogens is 1. The van der Waals surface area contributed by atoms with Gasteiger partial charge >= 0.3 is 0 Å². The second-order valence-electron chi connectivity index (χ2n) is 6.63. The summed E-state index contributed by atoms with van der Waals surface area (Å²) in [6.07, 6.45) is 2.68. The SMILES string of the molecule is COc1cc(N2CC(C3CC3)NCC2C(C)C)ccc1F. The lowest BCUT2D eigenvalue weighted by Crippen LogP contribution is -2.59. The van der Waals surface area contributed by atoms with E-state index in [1.807, 2.05) is 12.1 Å². The number of hydrogen-bond acceptors (Lipinski definition) is 3. The highest BCUT2D eigenvalue weighted by molar-refractivity contribution is 5.53. The quantitative estimate of drug-likeness (QED) is 0.923. The van der Waals surface area contributed by atoms with Gasteiger partial charge in [0.2, 0.25) is 0 Å². The van der Waals surface area contributed by atoms with Crippen LogP contribution in [-0.2, 0) is 0 Å². The molecule has 3 rings (SSSR count). The number of hydrogen-bond donors (Lipinski definition) is 1. The molecular formula is C17H25FN2O. The van der Waals surface area contributed by atoms with Crippen LogP contribution in [0.2, 0.25) is 0 Å². The zero-order chi connectivity index (χ0) is 15.0. The Morgan fingerprint density at radius 2 is 2.10 bits per heavy atom. The first-order chi connectivity index (χ1) is 10.1. The van der Waals surface area contributed by atoms with Crippen LogP contribution in [0.25, 0.3) is 0 Å². The molecule has 2 fully saturated rings. The van der Waals surface area contributed by atoms with E-state index in [1.54, 1.807) is 0 Å². The smallest absolute Gasteiger partial charge is 0.165 e. The van der Waals surface area contributed by atoms with Crippen molar-refractivity contribution in [2.45, 2.75) is 38.8 Å². The van der Waals surface area contributed by atoms with Gasteiger partial charge in [-0.05, 0) is 36.8 Å². The Hall–Kier alpha value is -1.29. The van der Waals surface area contributed by atoms with Gasteiger partial charge in [-0.25, -0.2) is 4.39 Å². The number of methoxy groups -OCH3 is 1. The van der Waals surface area contributed by atoms with Crippen LogP contribution in [0.3, 0.4) is 0 Å². The van der Waals surface area contributed by atoms with Gasteiger partial charge in [0.15, 0.2) is 11.6 Å². The van der Waals surface area contributed by atoms with E-state index >= 15 is 0 Å². The lowest BCUT2D eigenvalue weighted by Gasteiger charge is -2.44. The van der Waals surface area contributed by atoms with Crippen LogP contribution in [0, 0.1) is 17.7 Å². The van der Waals surface area contributed by atoms with Gasteiger partial charge in [0.1, 0.15) is 0 Å². The van der Waals surface area contributed by atoms with Crippen molar-refractivity contribution < 1.29 is 9.13 Å². The summed E-state index contributed by atoms with van der Waals surface area (Å²) in [6, 6.07) is 6.23. The highest BCUT2D eigenvalue weighted by Gasteiger charge is 2.38. The molecule has 1 N–H and O–H groups in total. The van der Waals surface area contributed by atoms with E-state index in [1.165, 1.54) is 26.0 Å². The molecule has 2 unspecified atom stereocenters. The van der Waals surface area contributed by atoms with Crippen LogP contribution in [0.5, 0.6) is 5.75 Å². The number of rotatable bonds is 4. The summed E-state index contributed by atoms with van der Waals surface area (Å²) in [5, 5.41) is 3.71. The van der Waals surface area contributed by atoms with Crippen LogP contribution in [0.1, 0.15) is 26.7 Å². The van der Waals surface area contributed by atoms with E-state index in [0.717, 1.165) is 24.7 Å². The molecule has 0 spiro atoms. The van der Waals surface area contributed by atoms with Crippen molar-refractivity contribution in [2.24, 2.45) is 11.8 Å². The average Bonchev–Trinajstić information content (AvgIpc) is 3.31. The monoisotopic (exact) mass is 292 g/mol. The third kappa shape index (κ3) is 3.00. The highest BCUT2D eigenvalue weighted by atomic mass is 19.1. The molecule has 3 nitrogen and oxygen atoms in total. The standard InChI is InChI=1S/C17H25FN2O/c1-11(2)16-9-19-15(12-4-5-12)10-20(16)13-6-7-14(18)17(8-13)21-3/h6-8,11-12,15-16,19H,4-5,9-10H2,1-3H3. The lowest BCUT2D eigenvalue weighted by molar-refractivity contribution is 0.319. The molecule has 1 aromatic carbocycles. The van der Waals surface area contributed by atoms with E-state index in [2.05, 4.69) is 24.1 Å². The first kappa shape index (κ1) is 14.6. The molecule has 0 bridgehead atoms. The second kappa shape index (κ2) is 5.84. The minimum atomic E-state index is -0.295. The average molecular weight is 292 g/mol. The Kier molecular flexibility index (Phi) is 4.07. The van der Waals surface area contributed by atoms with Gasteiger partial charge in [-0.15, -0.1) is 0 Å². The van der Waals surface area contributed by atoms with Crippen molar-refractivity contribution >= 4 is 5.69 Å². The van der Waals surface area contributed by atoms with Crippen LogP contribution < -0.4 is 15.0 Å². The summed E-state index contributed by atoms with van der Waals surface area (Å²) in [7, 11) is 1.52. The van der Waals surface area contributed by atoms with Crippen LogP contribution in [-0.4, -0.2) is 32.3 Å². The zero-order valence-corrected chi connectivity index (χ0v) is 13.1. The summed E-state index contributed by atoms with van der Waals surface area (Å²) in [5.74, 6) is 1.41. The molecule has 2 atom stereocenters. The van der Waals surface area contributed by atoms with Gasteiger partial charge in [-0.1, -0.05) is 13.8 Å². The number of piperazine rings is 1. The molecule has 0 aromatic heterocycles. The van der Waals surface area contributed by atoms with Crippen molar-refractivity contribution in [3.8, 4) is 5.75 Å². The lowest BCUT2D eigenvalue weighted by atomic mass is 9.96. The molecule has 1 saturated heterocycles. The number of nitrogens with one attached hydrogen (secondary N) is 1. The van der Waals surface area contributed by atoms with Crippen molar-refractivity contribution in [2.75, 3.05) is 25.1 Å². The Morgan fingerprint density at radius 1 is 1.33 bits per heavy atom. The molecule has 0 radical (unpaired) electrons. The van der Waals surface area contributed by atoms with E-state index < -0.39 is 0 Å². The van der Waals surface area contributed by atoms with Gasteiger partial charge in [-0.3, -0.25) is 0 Å². The molecule has 21 heavy (non-hydrogen) atoms. The fourth-order valence-corrected chi connectivity index (χ4v) is 3.33. The third-order valence-electron chi connectivity index (χ3n) is 4.81. The molecule has 116 valence electrons. The summed E-state index contributed by atoms with van der Waals surface area (Å²) in [6.45, 7) is 6.50. The minimum absolute atomic E-state index is 0.295. The van der Waals surface area contributed by atoms with E-state index in [-0.39, 0.29) is 5.82 Å². The molecular weight excluding hydrogens is 267 g/mol. The Bertz CT molecular complexity index is 502. The summed E-state index contributed by atoms with van der Waals surface area (Å²) < 4.78 is 18.8. The fraction of sp³-hybridized carbons (Fsp3) is 0.647. The summed E-state index contributed by atoms with van der Waals surface area (Å²) >= 11 is 0. The predicted octanol–water partition coefficient (Wildman–Crippen LogP) is 3.05. The number of ether oxygens (including phenoxy) is 1. The van der Waals surface area contributed by atoms with Crippen molar-refractivity contribution in [3.63, 3.8) is 0 Å². The van der Waals surface area contributed by atoms with Gasteiger partial charge in [-0.2, -0.15) is 0 Å². The Labute approximate surface area is 126 Å². The zero-order valence-electron chi connectivity index (χ0n) is 13.1. The predicted molar refractivity (Wildman–Crippen MR) is 83.4 cm³/mol. The van der Waals surface area contributed by atoms with E-state index in [9.17, 15) is 4.39 Å². The molecule has 1 saturated carbocycles. The normalized spacial score (nSPS) is 26.2. The van der Waals surface area contributed by atoms with E-state index in [4.69, 9.17) is 4.74 Å². The Balaban J connectivity index is 1.86. The highest BCUT2D eigenvalue weighted by Crippen LogP contribution is 2.36. The maximum absolute atomic E-state index is 13.7. The third-order valence-corrected chi connectivity index (χ3v) is 4.81. The maximum atomic E-state index is 13.7. The van der Waals surface area contributed by atoms with Gasteiger partial charge < -0.3 is 15.0 Å². The molecule has 4 heteroatoms. The number of anilines is 1. The largest absolute Gasteiger partial charge is 0.494 e. The molecule has 1 heterocycles. The van der Waals surface area contributed by atoms with Crippen LogP contribution in [0.4, 0.5) is 10.1 Å². The van der Waals surface area contributed by atoms with Gasteiger partial charge in [0, 0.05) is 36.9 Å². The summed E-state index contributed by atoms with van der Waals surface area (Å²) in [5.41, 5.74) is 1.07. The number of nitrogens with zero attached hydrogens (tertiary/aromatic N) is 1. The van der Waals surface area contributed by atoms with E-state index in [0.29, 0.717) is 23.8 Å². The van der Waals surface area contributed by atoms with Crippen LogP contribution in [0.15, 0.2) is 18.2 Å². The molecule has 2 aliphatic rings. The number of benzene rings is 1. The second-order valence-corrected chi connectivity index (χ2v) is 6.63. The minimum Gasteiger partial charge on any atom is -0.494 e. The Morgan fingerprint density at radius 3 is 2.71 bits per heavy atom. The topological polar surface area (TPSA) is 24.5 Å². The van der Waals surface area contributed by atoms with Crippen molar-refractivity contribution in [1.29, 1.82) is 0 Å². The fourth-order valence-electron chi connectivity index (χ4n) is 3.33. The van der Waals surface area contributed by atoms with Crippen LogP contribution >= 0.6 is 0 Å². The van der Waals surface area contributed by atoms with Gasteiger partial charge in [0.25, 0.3) is 0 Å².